The Bertz CT molecular complexity index is 337. The van der Waals surface area contributed by atoms with Gasteiger partial charge in [-0.2, -0.15) is 0 Å². The van der Waals surface area contributed by atoms with Crippen molar-refractivity contribution < 1.29 is 4.74 Å². The number of benzene rings is 1. The van der Waals surface area contributed by atoms with Gasteiger partial charge in [0.05, 0.1) is 13.2 Å². The van der Waals surface area contributed by atoms with E-state index in [1.54, 1.807) is 0 Å². The van der Waals surface area contributed by atoms with Crippen molar-refractivity contribution in [2.24, 2.45) is 5.73 Å². The average molecular weight is 234 g/mol. The molecule has 94 valence electrons. The van der Waals surface area contributed by atoms with Crippen molar-refractivity contribution in [2.45, 2.75) is 32.5 Å². The molecule has 1 aliphatic heterocycles. The third kappa shape index (κ3) is 3.28. The van der Waals surface area contributed by atoms with Crippen LogP contribution in [0.3, 0.4) is 0 Å². The van der Waals surface area contributed by atoms with Crippen molar-refractivity contribution in [3.8, 4) is 0 Å². The smallest absolute Gasteiger partial charge is 0.0622 e. The topological polar surface area (TPSA) is 38.5 Å². The van der Waals surface area contributed by atoms with Gasteiger partial charge in [0.25, 0.3) is 0 Å². The van der Waals surface area contributed by atoms with Crippen molar-refractivity contribution >= 4 is 0 Å². The molecule has 2 N–H and O–H groups in total. The molecule has 1 unspecified atom stereocenters. The summed E-state index contributed by atoms with van der Waals surface area (Å²) in [5.74, 6) is 0. The molecular weight excluding hydrogens is 212 g/mol. The third-order valence-corrected chi connectivity index (χ3v) is 3.47. The lowest BCUT2D eigenvalue weighted by Gasteiger charge is -2.35. The third-order valence-electron chi connectivity index (χ3n) is 3.47. The van der Waals surface area contributed by atoms with E-state index in [4.69, 9.17) is 10.5 Å². The van der Waals surface area contributed by atoms with Gasteiger partial charge in [0.2, 0.25) is 0 Å². The largest absolute Gasteiger partial charge is 0.378 e. The van der Waals surface area contributed by atoms with Gasteiger partial charge in [-0.1, -0.05) is 31.2 Å². The Balaban J connectivity index is 1.98. The van der Waals surface area contributed by atoms with Crippen LogP contribution in [0.4, 0.5) is 0 Å². The summed E-state index contributed by atoms with van der Waals surface area (Å²) in [6.45, 7) is 6.64. The van der Waals surface area contributed by atoms with Gasteiger partial charge in [-0.25, -0.2) is 0 Å². The highest BCUT2D eigenvalue weighted by Crippen LogP contribution is 2.15. The minimum atomic E-state index is 0.568. The Labute approximate surface area is 104 Å². The fraction of sp³-hybridized carbons (Fsp3) is 0.571. The summed E-state index contributed by atoms with van der Waals surface area (Å²) >= 11 is 0. The van der Waals surface area contributed by atoms with E-state index in [-0.39, 0.29) is 0 Å². The van der Waals surface area contributed by atoms with E-state index >= 15 is 0 Å². The van der Waals surface area contributed by atoms with E-state index in [9.17, 15) is 0 Å². The number of morpholine rings is 1. The molecule has 1 saturated heterocycles. The highest BCUT2D eigenvalue weighted by atomic mass is 16.5. The van der Waals surface area contributed by atoms with Crippen LogP contribution in [0.2, 0.25) is 0 Å². The van der Waals surface area contributed by atoms with Gasteiger partial charge in [0, 0.05) is 25.7 Å². The lowest BCUT2D eigenvalue weighted by atomic mass is 10.1. The Kier molecular flexibility index (Phi) is 4.54. The Hall–Kier alpha value is -0.900. The highest BCUT2D eigenvalue weighted by Gasteiger charge is 2.20. The summed E-state index contributed by atoms with van der Waals surface area (Å²) in [7, 11) is 0. The molecule has 1 atom stereocenters. The van der Waals surface area contributed by atoms with E-state index in [2.05, 4.69) is 36.1 Å². The summed E-state index contributed by atoms with van der Waals surface area (Å²) in [6, 6.07) is 9.18. The van der Waals surface area contributed by atoms with Crippen molar-refractivity contribution in [1.82, 2.24) is 4.90 Å². The van der Waals surface area contributed by atoms with Crippen LogP contribution in [0, 0.1) is 0 Å². The van der Waals surface area contributed by atoms with Crippen LogP contribution in [0.5, 0.6) is 0 Å². The molecule has 0 radical (unpaired) electrons. The van der Waals surface area contributed by atoms with Crippen LogP contribution in [-0.2, 0) is 17.8 Å². The molecule has 1 heterocycles. The van der Waals surface area contributed by atoms with Gasteiger partial charge >= 0.3 is 0 Å². The van der Waals surface area contributed by atoms with Crippen LogP contribution in [0.25, 0.3) is 0 Å². The number of ether oxygens (including phenoxy) is 1. The lowest BCUT2D eigenvalue weighted by Crippen LogP contribution is -2.44. The summed E-state index contributed by atoms with van der Waals surface area (Å²) in [4.78, 5) is 2.51. The van der Waals surface area contributed by atoms with E-state index in [0.717, 1.165) is 32.7 Å². The normalized spacial score (nSPS) is 21.6. The number of hydrogen-bond donors (Lipinski definition) is 1. The van der Waals surface area contributed by atoms with Gasteiger partial charge in [-0.05, 0) is 17.5 Å². The summed E-state index contributed by atoms with van der Waals surface area (Å²) in [5, 5.41) is 0. The molecular formula is C14H22N2O. The lowest BCUT2D eigenvalue weighted by molar-refractivity contribution is -0.0127. The second kappa shape index (κ2) is 6.15. The minimum absolute atomic E-state index is 0.568. The molecule has 3 heteroatoms. The monoisotopic (exact) mass is 234 g/mol. The molecule has 1 aromatic rings. The molecule has 1 aliphatic rings. The van der Waals surface area contributed by atoms with Crippen LogP contribution in [0.15, 0.2) is 24.3 Å². The number of nitrogens with zero attached hydrogens (tertiary/aromatic N) is 1. The first kappa shape index (κ1) is 12.6. The maximum Gasteiger partial charge on any atom is 0.0622 e. The molecule has 0 spiro atoms. The van der Waals surface area contributed by atoms with Crippen LogP contribution in [0.1, 0.15) is 24.5 Å². The molecule has 0 saturated carbocycles. The molecule has 0 aliphatic carbocycles. The fourth-order valence-corrected chi connectivity index (χ4v) is 2.29. The quantitative estimate of drug-likeness (QED) is 0.862. The number of hydrogen-bond acceptors (Lipinski definition) is 3. The Morgan fingerprint density at radius 3 is 2.65 bits per heavy atom. The van der Waals surface area contributed by atoms with Gasteiger partial charge in [-0.15, -0.1) is 0 Å². The number of rotatable bonds is 4. The maximum absolute atomic E-state index is 5.60. The number of nitrogens with two attached hydrogens (primary N) is 1. The van der Waals surface area contributed by atoms with E-state index in [1.165, 1.54) is 11.1 Å². The Morgan fingerprint density at radius 2 is 2.00 bits per heavy atom. The van der Waals surface area contributed by atoms with E-state index < -0.39 is 0 Å². The highest BCUT2D eigenvalue weighted by molar-refractivity contribution is 5.22. The van der Waals surface area contributed by atoms with Crippen LogP contribution >= 0.6 is 0 Å². The molecule has 3 nitrogen and oxygen atoms in total. The molecule has 17 heavy (non-hydrogen) atoms. The molecule has 0 bridgehead atoms. The Morgan fingerprint density at radius 1 is 1.29 bits per heavy atom. The zero-order valence-electron chi connectivity index (χ0n) is 10.6. The summed E-state index contributed by atoms with van der Waals surface area (Å²) in [5.41, 5.74) is 8.16. The predicted octanol–water partition coefficient (Wildman–Crippen LogP) is 1.76. The standard InChI is InChI=1S/C14H22N2O/c1-2-14-11-17-8-7-16(14)10-13-5-3-12(9-15)4-6-13/h3-6,14H,2,7-11,15H2,1H3. The molecule has 1 fully saturated rings. The summed E-state index contributed by atoms with van der Waals surface area (Å²) < 4.78 is 5.52. The first-order valence-corrected chi connectivity index (χ1v) is 6.43. The summed E-state index contributed by atoms with van der Waals surface area (Å²) in [6.07, 6.45) is 1.15. The molecule has 0 aromatic heterocycles. The van der Waals surface area contributed by atoms with Crippen molar-refractivity contribution in [2.75, 3.05) is 19.8 Å². The predicted molar refractivity (Wildman–Crippen MR) is 69.6 cm³/mol. The van der Waals surface area contributed by atoms with Crippen molar-refractivity contribution in [3.63, 3.8) is 0 Å². The van der Waals surface area contributed by atoms with E-state index in [0.29, 0.717) is 12.6 Å². The average Bonchev–Trinajstić information content (AvgIpc) is 2.40. The zero-order chi connectivity index (χ0) is 12.1. The molecule has 0 amide bonds. The molecule has 1 aromatic carbocycles. The van der Waals surface area contributed by atoms with Gasteiger partial charge in [-0.3, -0.25) is 4.90 Å². The van der Waals surface area contributed by atoms with Crippen molar-refractivity contribution in [3.05, 3.63) is 35.4 Å². The second-order valence-electron chi connectivity index (χ2n) is 4.63. The van der Waals surface area contributed by atoms with Gasteiger partial charge in [0.1, 0.15) is 0 Å². The van der Waals surface area contributed by atoms with Gasteiger partial charge in [0.15, 0.2) is 0 Å². The van der Waals surface area contributed by atoms with Crippen LogP contribution < -0.4 is 5.73 Å². The van der Waals surface area contributed by atoms with E-state index in [1.807, 2.05) is 0 Å². The molecule has 2 rings (SSSR count). The second-order valence-corrected chi connectivity index (χ2v) is 4.63. The first-order valence-electron chi connectivity index (χ1n) is 6.43. The maximum atomic E-state index is 5.60. The minimum Gasteiger partial charge on any atom is -0.378 e. The zero-order valence-corrected chi connectivity index (χ0v) is 10.6. The fourth-order valence-electron chi connectivity index (χ4n) is 2.29. The van der Waals surface area contributed by atoms with Crippen LogP contribution in [-0.4, -0.2) is 30.7 Å². The first-order chi connectivity index (χ1) is 8.33. The van der Waals surface area contributed by atoms with Gasteiger partial charge < -0.3 is 10.5 Å². The van der Waals surface area contributed by atoms with Crippen molar-refractivity contribution in [1.29, 1.82) is 0 Å². The SMILES string of the molecule is CCC1COCCN1Cc1ccc(CN)cc1.